The van der Waals surface area contributed by atoms with Gasteiger partial charge in [0.15, 0.2) is 23.0 Å². The Morgan fingerprint density at radius 3 is 1.96 bits per heavy atom. The van der Waals surface area contributed by atoms with Gasteiger partial charge in [-0.05, 0) is 50.4 Å². The molecule has 0 aliphatic carbocycles. The van der Waals surface area contributed by atoms with Crippen LogP contribution < -0.4 is 24.3 Å². The van der Waals surface area contributed by atoms with E-state index in [-0.39, 0.29) is 42.1 Å². The largest absolute Gasteiger partial charge is 0.504 e. The van der Waals surface area contributed by atoms with E-state index in [0.717, 1.165) is 45.7 Å². The predicted molar refractivity (Wildman–Crippen MR) is 196 cm³/mol. The van der Waals surface area contributed by atoms with Crippen LogP contribution in [0.25, 0.3) is 11.1 Å². The zero-order valence-corrected chi connectivity index (χ0v) is 30.4. The molecule has 268 valence electrons. The normalized spacial score (nSPS) is 20.8. The first kappa shape index (κ1) is 34.5. The highest BCUT2D eigenvalue weighted by Crippen LogP contribution is 2.58. The number of phenolic OH excluding ortho intramolecular Hbond substituents is 2. The number of benzene rings is 4. The van der Waals surface area contributed by atoms with Crippen molar-refractivity contribution in [3.63, 3.8) is 0 Å². The lowest BCUT2D eigenvalue weighted by Gasteiger charge is -2.59. The van der Waals surface area contributed by atoms with Crippen LogP contribution in [0.5, 0.6) is 34.5 Å². The second-order valence-corrected chi connectivity index (χ2v) is 13.6. The monoisotopic (exact) mass is 693 g/mol. The van der Waals surface area contributed by atoms with Gasteiger partial charge in [-0.3, -0.25) is 14.6 Å². The zero-order valence-electron chi connectivity index (χ0n) is 30.4. The van der Waals surface area contributed by atoms with Gasteiger partial charge in [0.25, 0.3) is 5.91 Å². The molecular weight excluding hydrogens is 646 g/mol. The van der Waals surface area contributed by atoms with Crippen LogP contribution in [0.2, 0.25) is 0 Å². The highest BCUT2D eigenvalue weighted by atomic mass is 16.5. The van der Waals surface area contributed by atoms with E-state index < -0.39 is 6.04 Å². The fourth-order valence-electron chi connectivity index (χ4n) is 9.28. The summed E-state index contributed by atoms with van der Waals surface area (Å²) in [5.41, 5.74) is 7.21. The third-order valence-electron chi connectivity index (χ3n) is 11.3. The van der Waals surface area contributed by atoms with Crippen LogP contribution in [-0.4, -0.2) is 86.1 Å². The summed E-state index contributed by atoms with van der Waals surface area (Å²) in [5, 5.41) is 27.1. The summed E-state index contributed by atoms with van der Waals surface area (Å²) in [6.45, 7) is 7.62. The van der Waals surface area contributed by atoms with Crippen molar-refractivity contribution in [3.8, 4) is 45.6 Å². The molecule has 4 aromatic rings. The third-order valence-corrected chi connectivity index (χ3v) is 11.3. The molecule has 0 radical (unpaired) electrons. The Morgan fingerprint density at radius 1 is 0.784 bits per heavy atom. The number of ether oxygens (including phenoxy) is 4. The van der Waals surface area contributed by atoms with Crippen LogP contribution in [0, 0.1) is 13.8 Å². The van der Waals surface area contributed by atoms with Crippen LogP contribution >= 0.6 is 0 Å². The average molecular weight is 694 g/mol. The molecule has 1 saturated heterocycles. The molecule has 3 N–H and O–H groups in total. The van der Waals surface area contributed by atoms with Gasteiger partial charge in [-0.15, -0.1) is 0 Å². The van der Waals surface area contributed by atoms with E-state index in [2.05, 4.69) is 22.0 Å². The Hall–Kier alpha value is -4.93. The van der Waals surface area contributed by atoms with E-state index in [1.165, 1.54) is 0 Å². The molecule has 0 saturated carbocycles. The molecule has 0 aromatic heterocycles. The van der Waals surface area contributed by atoms with Gasteiger partial charge in [0.1, 0.15) is 11.5 Å². The quantitative estimate of drug-likeness (QED) is 0.191. The van der Waals surface area contributed by atoms with Gasteiger partial charge >= 0.3 is 0 Å². The van der Waals surface area contributed by atoms with E-state index in [0.29, 0.717) is 53.3 Å². The molecule has 1 amide bonds. The Balaban J connectivity index is 1.37. The minimum atomic E-state index is -0.433. The SMILES string of the molecule is CCN1C2Cc3c(OC)c(C)c(OC)c(O)c3C1C1Cc3c(OC)c(C)c(OC)c(O)c3[C@H](CNC(=O)c3ccccc3-c3ccccc3)N1C2. The first-order chi connectivity index (χ1) is 24.7. The summed E-state index contributed by atoms with van der Waals surface area (Å²) in [4.78, 5) is 19.0. The summed E-state index contributed by atoms with van der Waals surface area (Å²) in [6.07, 6.45) is 1.19. The number of likely N-dealkylation sites (N-methyl/N-ethyl adjacent to an activating group) is 1. The lowest BCUT2D eigenvalue weighted by Crippen LogP contribution is -2.65. The van der Waals surface area contributed by atoms with Gasteiger partial charge in [0.2, 0.25) is 0 Å². The van der Waals surface area contributed by atoms with Crippen LogP contribution in [-0.2, 0) is 12.8 Å². The molecule has 1 fully saturated rings. The number of hydrogen-bond acceptors (Lipinski definition) is 9. The van der Waals surface area contributed by atoms with Gasteiger partial charge in [-0.1, -0.05) is 55.5 Å². The van der Waals surface area contributed by atoms with Gasteiger partial charge in [0, 0.05) is 64.1 Å². The molecule has 3 unspecified atom stereocenters. The second kappa shape index (κ2) is 13.7. The van der Waals surface area contributed by atoms with Crippen molar-refractivity contribution < 1.29 is 34.0 Å². The molecular formula is C41H47N3O7. The van der Waals surface area contributed by atoms with Crippen molar-refractivity contribution in [2.24, 2.45) is 0 Å². The Bertz CT molecular complexity index is 1980. The van der Waals surface area contributed by atoms with E-state index >= 15 is 0 Å². The number of carbonyl (C=O) groups is 1. The summed E-state index contributed by atoms with van der Waals surface area (Å²) >= 11 is 0. The standard InChI is InChI=1S/C41H47N3O7/c1-8-43-25-18-28-33(36(46)40(51-7)22(2)37(28)48-4)34(43)30-19-29-32(35(45)39(50-6)23(3)38(29)49-5)31(44(30)21-25)20-42-41(47)27-17-13-12-16-26(27)24-14-10-9-11-15-24/h9-17,25,30-31,34,45-46H,8,18-21H2,1-7H3,(H,42,47)/t25?,30?,31-,34?/m0/s1. The maximum Gasteiger partial charge on any atom is 0.251 e. The van der Waals surface area contributed by atoms with Gasteiger partial charge in [0.05, 0.1) is 40.5 Å². The number of carbonyl (C=O) groups excluding carboxylic acids is 1. The van der Waals surface area contributed by atoms with Gasteiger partial charge in [-0.25, -0.2) is 0 Å². The van der Waals surface area contributed by atoms with Crippen LogP contribution in [0.4, 0.5) is 0 Å². The molecule has 0 spiro atoms. The topological polar surface area (TPSA) is 113 Å². The number of nitrogens with zero attached hydrogens (tertiary/aromatic N) is 2. The average Bonchev–Trinajstić information content (AvgIpc) is 3.14. The molecule has 10 nitrogen and oxygen atoms in total. The Kier molecular flexibility index (Phi) is 9.24. The van der Waals surface area contributed by atoms with Crippen LogP contribution in [0.1, 0.15) is 62.7 Å². The number of methoxy groups -OCH3 is 4. The first-order valence-electron chi connectivity index (χ1n) is 17.6. The Morgan fingerprint density at radius 2 is 1.35 bits per heavy atom. The summed E-state index contributed by atoms with van der Waals surface area (Å²) < 4.78 is 23.6. The number of rotatable bonds is 9. The van der Waals surface area contributed by atoms with Crippen molar-refractivity contribution >= 4 is 5.91 Å². The number of phenols is 2. The lowest BCUT2D eigenvalue weighted by atomic mass is 9.73. The highest BCUT2D eigenvalue weighted by molar-refractivity contribution is 6.00. The minimum absolute atomic E-state index is 0.0541. The van der Waals surface area contributed by atoms with Crippen molar-refractivity contribution in [1.29, 1.82) is 0 Å². The Labute approximate surface area is 299 Å². The highest BCUT2D eigenvalue weighted by Gasteiger charge is 2.53. The summed E-state index contributed by atoms with van der Waals surface area (Å²) in [6, 6.07) is 16.7. The zero-order chi connectivity index (χ0) is 36.1. The third kappa shape index (κ3) is 5.34. The predicted octanol–water partition coefficient (Wildman–Crippen LogP) is 6.12. The maximum atomic E-state index is 14.1. The van der Waals surface area contributed by atoms with E-state index in [9.17, 15) is 15.0 Å². The maximum absolute atomic E-state index is 14.1. The number of amides is 1. The van der Waals surface area contributed by atoms with Crippen LogP contribution in [0.15, 0.2) is 54.6 Å². The van der Waals surface area contributed by atoms with Gasteiger partial charge in [-0.2, -0.15) is 0 Å². The van der Waals surface area contributed by atoms with Crippen LogP contribution in [0.3, 0.4) is 0 Å². The molecule has 3 aliphatic heterocycles. The number of piperazine rings is 1. The molecule has 3 aliphatic rings. The molecule has 3 heterocycles. The summed E-state index contributed by atoms with van der Waals surface area (Å²) in [7, 11) is 6.42. The molecule has 4 atom stereocenters. The number of aromatic hydroxyl groups is 2. The van der Waals surface area contributed by atoms with E-state index in [4.69, 9.17) is 18.9 Å². The van der Waals surface area contributed by atoms with Gasteiger partial charge < -0.3 is 34.5 Å². The van der Waals surface area contributed by atoms with E-state index in [1.807, 2.05) is 68.4 Å². The molecule has 7 rings (SSSR count). The molecule has 2 bridgehead atoms. The number of hydrogen-bond donors (Lipinski definition) is 3. The first-order valence-corrected chi connectivity index (χ1v) is 17.6. The fourth-order valence-corrected chi connectivity index (χ4v) is 9.28. The second-order valence-electron chi connectivity index (χ2n) is 13.6. The van der Waals surface area contributed by atoms with E-state index in [1.54, 1.807) is 28.4 Å². The lowest BCUT2D eigenvalue weighted by molar-refractivity contribution is -0.0587. The fraction of sp³-hybridized carbons (Fsp3) is 0.390. The molecule has 4 aromatic carbocycles. The molecule has 51 heavy (non-hydrogen) atoms. The van der Waals surface area contributed by atoms with Crippen molar-refractivity contribution in [3.05, 3.63) is 93.5 Å². The minimum Gasteiger partial charge on any atom is -0.504 e. The summed E-state index contributed by atoms with van der Waals surface area (Å²) in [5.74, 6) is 2.13. The van der Waals surface area contributed by atoms with Crippen molar-refractivity contribution in [2.45, 2.75) is 57.8 Å². The number of nitrogens with one attached hydrogen (secondary N) is 1. The molecule has 10 heteroatoms. The number of fused-ring (bicyclic) bond motifs is 7. The van der Waals surface area contributed by atoms with Crippen molar-refractivity contribution in [1.82, 2.24) is 15.1 Å². The van der Waals surface area contributed by atoms with Crippen molar-refractivity contribution in [2.75, 3.05) is 48.1 Å². The smallest absolute Gasteiger partial charge is 0.251 e.